The minimum Gasteiger partial charge on any atom is -0.362 e. The van der Waals surface area contributed by atoms with E-state index >= 15 is 0 Å². The zero-order valence-corrected chi connectivity index (χ0v) is 13.0. The van der Waals surface area contributed by atoms with Crippen LogP contribution in [0.5, 0.6) is 0 Å². The minimum atomic E-state index is -3.66. The maximum absolute atomic E-state index is 12.8. The summed E-state index contributed by atoms with van der Waals surface area (Å²) >= 11 is 0. The Balaban J connectivity index is 2.47. The van der Waals surface area contributed by atoms with Gasteiger partial charge >= 0.3 is 0 Å². The van der Waals surface area contributed by atoms with Gasteiger partial charge in [0.2, 0.25) is 0 Å². The fourth-order valence-corrected chi connectivity index (χ4v) is 4.31. The van der Waals surface area contributed by atoms with Gasteiger partial charge in [-0.2, -0.15) is 23.0 Å². The van der Waals surface area contributed by atoms with Gasteiger partial charge in [-0.05, 0) is 20.3 Å². The van der Waals surface area contributed by atoms with E-state index in [9.17, 15) is 8.42 Å². The average molecular weight is 300 g/mol. The van der Waals surface area contributed by atoms with Crippen molar-refractivity contribution in [2.45, 2.75) is 51.3 Å². The Kier molecular flexibility index (Phi) is 4.14. The molecule has 112 valence electrons. The lowest BCUT2D eigenvalue weighted by molar-refractivity contribution is 0.118. The molecular formula is C12H20N4O3S. The molecule has 8 heteroatoms. The van der Waals surface area contributed by atoms with Gasteiger partial charge in [-0.25, -0.2) is 4.68 Å². The van der Waals surface area contributed by atoms with Crippen molar-refractivity contribution in [3.05, 3.63) is 11.4 Å². The molecule has 0 saturated carbocycles. The highest BCUT2D eigenvalue weighted by Gasteiger charge is 2.35. The van der Waals surface area contributed by atoms with Crippen molar-refractivity contribution in [2.75, 3.05) is 7.11 Å². The number of ether oxygens (including phenoxy) is 1. The average Bonchev–Trinajstić information content (AvgIpc) is 2.96. The summed E-state index contributed by atoms with van der Waals surface area (Å²) in [6.45, 7) is 5.60. The second kappa shape index (κ2) is 5.53. The fourth-order valence-electron chi connectivity index (χ4n) is 2.41. The number of nitrogens with zero attached hydrogens (tertiary/aromatic N) is 4. The summed E-state index contributed by atoms with van der Waals surface area (Å²) in [6, 6.07) is -0.107. The van der Waals surface area contributed by atoms with Crippen molar-refractivity contribution >= 4 is 16.2 Å². The molecule has 2 heterocycles. The van der Waals surface area contributed by atoms with E-state index in [2.05, 4.69) is 10.2 Å². The summed E-state index contributed by atoms with van der Waals surface area (Å²) in [7, 11) is -2.12. The molecule has 0 bridgehead atoms. The monoisotopic (exact) mass is 300 g/mol. The fraction of sp³-hybridized carbons (Fsp3) is 0.667. The van der Waals surface area contributed by atoms with Crippen molar-refractivity contribution in [1.82, 2.24) is 14.2 Å². The first-order valence-corrected chi connectivity index (χ1v) is 7.97. The highest BCUT2D eigenvalue weighted by Crippen LogP contribution is 2.28. The predicted octanol–water partition coefficient (Wildman–Crippen LogP) is 1.26. The largest absolute Gasteiger partial charge is 0.362 e. The smallest absolute Gasteiger partial charge is 0.282 e. The van der Waals surface area contributed by atoms with E-state index < -0.39 is 10.0 Å². The van der Waals surface area contributed by atoms with Crippen LogP contribution in [-0.2, 0) is 21.5 Å². The predicted molar refractivity (Wildman–Crippen MR) is 74.9 cm³/mol. The first kappa shape index (κ1) is 15.0. The molecule has 0 amide bonds. The van der Waals surface area contributed by atoms with Crippen molar-refractivity contribution in [3.63, 3.8) is 0 Å². The Morgan fingerprint density at radius 3 is 2.75 bits per heavy atom. The lowest BCUT2D eigenvalue weighted by Crippen LogP contribution is -2.33. The van der Waals surface area contributed by atoms with Crippen LogP contribution in [0.4, 0.5) is 0 Å². The van der Waals surface area contributed by atoms with Crippen molar-refractivity contribution < 1.29 is 13.2 Å². The van der Waals surface area contributed by atoms with Crippen LogP contribution in [-0.4, -0.2) is 42.0 Å². The molecule has 0 spiro atoms. The summed E-state index contributed by atoms with van der Waals surface area (Å²) < 4.78 is 33.3. The van der Waals surface area contributed by atoms with Crippen LogP contribution in [0.3, 0.4) is 0 Å². The molecule has 0 aromatic carbocycles. The molecule has 1 atom stereocenters. The first-order chi connectivity index (χ1) is 9.43. The van der Waals surface area contributed by atoms with Crippen molar-refractivity contribution in [2.24, 2.45) is 5.10 Å². The van der Waals surface area contributed by atoms with E-state index in [0.29, 0.717) is 17.8 Å². The van der Waals surface area contributed by atoms with E-state index in [-0.39, 0.29) is 17.7 Å². The normalized spacial score (nSPS) is 19.0. The van der Waals surface area contributed by atoms with Gasteiger partial charge < -0.3 is 4.74 Å². The summed E-state index contributed by atoms with van der Waals surface area (Å²) in [5.41, 5.74) is 1.04. The number of rotatable bonds is 5. The minimum absolute atomic E-state index is 0.107. The Morgan fingerprint density at radius 1 is 1.45 bits per heavy atom. The van der Waals surface area contributed by atoms with Crippen LogP contribution in [0.15, 0.2) is 10.00 Å². The Labute approximate surface area is 119 Å². The third kappa shape index (κ3) is 2.33. The summed E-state index contributed by atoms with van der Waals surface area (Å²) in [4.78, 5) is 0.229. The zero-order valence-electron chi connectivity index (χ0n) is 12.2. The maximum atomic E-state index is 12.8. The van der Waals surface area contributed by atoms with Gasteiger partial charge in [0, 0.05) is 19.7 Å². The molecule has 0 radical (unpaired) electrons. The van der Waals surface area contributed by atoms with E-state index in [4.69, 9.17) is 4.74 Å². The molecule has 0 fully saturated rings. The third-order valence-electron chi connectivity index (χ3n) is 3.43. The molecule has 1 unspecified atom stereocenters. The molecule has 0 aliphatic carbocycles. The number of methoxy groups -OCH3 is 1. The lowest BCUT2D eigenvalue weighted by atomic mass is 10.2. The number of hydrazone groups is 1. The number of aryl methyl sites for hydroxylation is 1. The number of hydrogen-bond acceptors (Lipinski definition) is 5. The number of sulfonamides is 1. The van der Waals surface area contributed by atoms with E-state index in [0.717, 1.165) is 6.42 Å². The summed E-state index contributed by atoms with van der Waals surface area (Å²) in [6.07, 6.45) is 3.03. The summed E-state index contributed by atoms with van der Waals surface area (Å²) in [5, 5.41) is 8.25. The highest BCUT2D eigenvalue weighted by molar-refractivity contribution is 7.89. The van der Waals surface area contributed by atoms with Gasteiger partial charge in [0.25, 0.3) is 10.0 Å². The molecule has 0 saturated heterocycles. The van der Waals surface area contributed by atoms with Gasteiger partial charge in [-0.3, -0.25) is 0 Å². The van der Waals surface area contributed by atoms with Crippen LogP contribution in [0, 0.1) is 13.8 Å². The maximum Gasteiger partial charge on any atom is 0.282 e. The second-order valence-corrected chi connectivity index (χ2v) is 6.52. The van der Waals surface area contributed by atoms with Crippen LogP contribution in [0.2, 0.25) is 0 Å². The molecular weight excluding hydrogens is 280 g/mol. The first-order valence-electron chi connectivity index (χ1n) is 6.53. The Hall–Kier alpha value is -1.41. The lowest BCUT2D eigenvalue weighted by Gasteiger charge is -2.22. The van der Waals surface area contributed by atoms with Crippen LogP contribution in [0.25, 0.3) is 0 Å². The van der Waals surface area contributed by atoms with Gasteiger partial charge in [0.05, 0.1) is 17.4 Å². The molecule has 0 N–H and O–H groups in total. The third-order valence-corrected chi connectivity index (χ3v) is 5.42. The van der Waals surface area contributed by atoms with Gasteiger partial charge in [-0.1, -0.05) is 6.92 Å². The molecule has 1 aromatic rings. The molecule has 20 heavy (non-hydrogen) atoms. The van der Waals surface area contributed by atoms with Crippen molar-refractivity contribution in [3.8, 4) is 0 Å². The van der Waals surface area contributed by atoms with Gasteiger partial charge in [0.15, 0.2) is 0 Å². The molecule has 7 nitrogen and oxygen atoms in total. The van der Waals surface area contributed by atoms with Gasteiger partial charge in [-0.15, -0.1) is 0 Å². The Morgan fingerprint density at radius 2 is 2.15 bits per heavy atom. The second-order valence-electron chi connectivity index (χ2n) is 4.79. The molecule has 1 aliphatic heterocycles. The summed E-state index contributed by atoms with van der Waals surface area (Å²) in [5.74, 6) is 0. The van der Waals surface area contributed by atoms with Crippen LogP contribution < -0.4 is 0 Å². The quantitative estimate of drug-likeness (QED) is 0.820. The zero-order chi connectivity index (χ0) is 14.9. The van der Waals surface area contributed by atoms with E-state index in [1.54, 1.807) is 31.9 Å². The van der Waals surface area contributed by atoms with E-state index in [1.807, 2.05) is 6.92 Å². The molecule has 1 aromatic heterocycles. The number of hydrogen-bond donors (Lipinski definition) is 0. The standard InChI is InChI=1S/C12H20N4O3S/c1-5-11-6-7-13-16(11)20(17,18)12-9(2)14-15(8-19-4)10(12)3/h7,11H,5-6,8H2,1-4H3. The van der Waals surface area contributed by atoms with Crippen LogP contribution >= 0.6 is 0 Å². The molecule has 2 rings (SSSR count). The van der Waals surface area contributed by atoms with Crippen molar-refractivity contribution in [1.29, 1.82) is 0 Å². The highest BCUT2D eigenvalue weighted by atomic mass is 32.2. The topological polar surface area (TPSA) is 76.8 Å². The number of aromatic nitrogens is 2. The molecule has 1 aliphatic rings. The SMILES string of the molecule is CCC1CC=NN1S(=O)(=O)c1c(C)nn(COC)c1C. The Bertz CT molecular complexity index is 621. The van der Waals surface area contributed by atoms with E-state index in [1.165, 1.54) is 4.41 Å². The van der Waals surface area contributed by atoms with Gasteiger partial charge in [0.1, 0.15) is 11.6 Å². The van der Waals surface area contributed by atoms with Crippen LogP contribution in [0.1, 0.15) is 31.2 Å².